The number of aromatic hydroxyl groups is 1. The number of nitrogens with one attached hydrogen (secondary N) is 2. The van der Waals surface area contributed by atoms with Gasteiger partial charge in [0.05, 0.1) is 26.0 Å². The van der Waals surface area contributed by atoms with Crippen molar-refractivity contribution in [2.24, 2.45) is 0 Å². The summed E-state index contributed by atoms with van der Waals surface area (Å²) in [5.41, 5.74) is 1.65. The van der Waals surface area contributed by atoms with Crippen LogP contribution in [0.1, 0.15) is 25.8 Å². The number of aliphatic hydroxyl groups is 1. The van der Waals surface area contributed by atoms with Crippen LogP contribution in [0.5, 0.6) is 5.88 Å². The van der Waals surface area contributed by atoms with E-state index in [9.17, 15) is 14.8 Å². The lowest BCUT2D eigenvalue weighted by molar-refractivity contribution is 0.211. The van der Waals surface area contributed by atoms with Crippen LogP contribution in [0.4, 0.5) is 0 Å². The van der Waals surface area contributed by atoms with Gasteiger partial charge in [-0.25, -0.2) is 4.98 Å². The van der Waals surface area contributed by atoms with Crippen LogP contribution in [0.3, 0.4) is 0 Å². The molecule has 0 aliphatic carbocycles. The molecule has 26 heavy (non-hydrogen) atoms. The summed E-state index contributed by atoms with van der Waals surface area (Å²) in [5, 5.41) is 22.5. The summed E-state index contributed by atoms with van der Waals surface area (Å²) in [7, 11) is -3.15. The zero-order chi connectivity index (χ0) is 19.2. The van der Waals surface area contributed by atoms with Gasteiger partial charge < -0.3 is 29.6 Å². The minimum absolute atomic E-state index is 0.0519. The maximum absolute atomic E-state index is 12.5. The number of aromatic nitrogens is 3. The molecule has 146 valence electrons. The highest BCUT2D eigenvalue weighted by Gasteiger charge is 2.25. The van der Waals surface area contributed by atoms with E-state index in [1.807, 2.05) is 0 Å². The second-order valence-corrected chi connectivity index (χ2v) is 8.10. The fourth-order valence-electron chi connectivity index (χ4n) is 2.54. The predicted molar refractivity (Wildman–Crippen MR) is 98.6 cm³/mol. The number of aromatic amines is 1. The molecular weight excluding hydrogens is 383 g/mol. The van der Waals surface area contributed by atoms with Crippen molar-refractivity contribution < 1.29 is 23.8 Å². The van der Waals surface area contributed by atoms with Gasteiger partial charge in [0.2, 0.25) is 11.2 Å². The second-order valence-electron chi connectivity index (χ2n) is 5.57. The number of H-pyrrole nitrogens is 1. The molecule has 0 unspecified atom stereocenters. The molecular formula is C15H24ClN4O5P. The second kappa shape index (κ2) is 9.64. The van der Waals surface area contributed by atoms with Gasteiger partial charge in [0.25, 0.3) is 0 Å². The normalized spacial score (nSPS) is 13.4. The van der Waals surface area contributed by atoms with E-state index in [0.29, 0.717) is 37.2 Å². The summed E-state index contributed by atoms with van der Waals surface area (Å²) in [4.78, 5) is 10.7. The number of nitrogens with zero attached hydrogens (tertiary/aromatic N) is 2. The first-order valence-corrected chi connectivity index (χ1v) is 10.5. The zero-order valence-electron chi connectivity index (χ0n) is 14.7. The maximum atomic E-state index is 12.5. The molecule has 2 rings (SSSR count). The number of fused-ring (bicyclic) bond motifs is 1. The van der Waals surface area contributed by atoms with E-state index in [-0.39, 0.29) is 30.0 Å². The molecule has 0 aliphatic rings. The van der Waals surface area contributed by atoms with Gasteiger partial charge in [-0.15, -0.1) is 0 Å². The number of aliphatic hydroxyl groups excluding tert-OH is 1. The monoisotopic (exact) mass is 406 g/mol. The van der Waals surface area contributed by atoms with Crippen molar-refractivity contribution in [3.05, 3.63) is 17.0 Å². The third-order valence-corrected chi connectivity index (χ3v) is 6.04. The van der Waals surface area contributed by atoms with Gasteiger partial charge in [-0.2, -0.15) is 4.98 Å². The van der Waals surface area contributed by atoms with Gasteiger partial charge in [0.15, 0.2) is 0 Å². The van der Waals surface area contributed by atoms with Crippen molar-refractivity contribution in [1.29, 1.82) is 0 Å². The molecule has 0 saturated heterocycles. The summed E-state index contributed by atoms with van der Waals surface area (Å²) >= 11 is 5.79. The average Bonchev–Trinajstić information content (AvgIpc) is 2.99. The Labute approximate surface area is 156 Å². The Morgan fingerprint density at radius 3 is 2.65 bits per heavy atom. The topological polar surface area (TPSA) is 130 Å². The average molecular weight is 407 g/mol. The number of hydrogen-bond acceptors (Lipinski definition) is 8. The van der Waals surface area contributed by atoms with Crippen molar-refractivity contribution in [1.82, 2.24) is 20.3 Å². The fraction of sp³-hybridized carbons (Fsp3) is 0.600. The van der Waals surface area contributed by atoms with E-state index >= 15 is 0 Å². The highest BCUT2D eigenvalue weighted by molar-refractivity contribution is 7.53. The summed E-state index contributed by atoms with van der Waals surface area (Å²) < 4.78 is 23.0. The van der Waals surface area contributed by atoms with E-state index in [2.05, 4.69) is 20.3 Å². The molecule has 0 saturated carbocycles. The molecule has 0 aliphatic heterocycles. The van der Waals surface area contributed by atoms with Crippen LogP contribution in [0.15, 0.2) is 6.20 Å². The first-order chi connectivity index (χ1) is 12.4. The van der Waals surface area contributed by atoms with Gasteiger partial charge >= 0.3 is 7.60 Å². The van der Waals surface area contributed by atoms with Crippen molar-refractivity contribution >= 4 is 30.2 Å². The molecule has 11 heteroatoms. The molecule has 0 amide bonds. The standard InChI is InChI=1S/C15H24ClN4O5P/c1-3-24-26(23,25-4-2)6-5-11(9-21)17-7-10-8-18-13-12(10)19-15(16)20-14(13)22/h8,11,17-18,21H,3-7,9H2,1-2H3,(H,19,20,22)/t11-/m0/s1. The van der Waals surface area contributed by atoms with E-state index < -0.39 is 7.60 Å². The molecule has 0 fully saturated rings. The van der Waals surface area contributed by atoms with E-state index in [1.165, 1.54) is 0 Å². The highest BCUT2D eigenvalue weighted by atomic mass is 35.5. The van der Waals surface area contributed by atoms with Gasteiger partial charge in [-0.1, -0.05) is 0 Å². The molecule has 2 heterocycles. The summed E-state index contributed by atoms with van der Waals surface area (Å²) in [6, 6.07) is -0.305. The lowest BCUT2D eigenvalue weighted by atomic mass is 10.2. The molecule has 0 bridgehead atoms. The minimum atomic E-state index is -3.15. The third kappa shape index (κ3) is 5.39. The number of hydrogen-bond donors (Lipinski definition) is 4. The van der Waals surface area contributed by atoms with Crippen molar-refractivity contribution in [2.75, 3.05) is 26.0 Å². The molecule has 9 nitrogen and oxygen atoms in total. The van der Waals surface area contributed by atoms with Gasteiger partial charge in [-0.3, -0.25) is 4.57 Å². The van der Waals surface area contributed by atoms with Crippen molar-refractivity contribution in [2.45, 2.75) is 32.9 Å². The Morgan fingerprint density at radius 2 is 2.04 bits per heavy atom. The number of halogens is 1. The third-order valence-electron chi connectivity index (χ3n) is 3.76. The fourth-order valence-corrected chi connectivity index (χ4v) is 4.45. The van der Waals surface area contributed by atoms with Crippen LogP contribution in [-0.4, -0.2) is 57.2 Å². The first kappa shape index (κ1) is 21.1. The van der Waals surface area contributed by atoms with Crippen LogP contribution in [0.25, 0.3) is 11.0 Å². The van der Waals surface area contributed by atoms with E-state index in [4.69, 9.17) is 20.6 Å². The van der Waals surface area contributed by atoms with E-state index in [1.54, 1.807) is 20.0 Å². The van der Waals surface area contributed by atoms with Gasteiger partial charge in [0, 0.05) is 24.3 Å². The molecule has 0 radical (unpaired) electrons. The molecule has 0 aromatic carbocycles. The van der Waals surface area contributed by atoms with Crippen LogP contribution in [0.2, 0.25) is 5.28 Å². The Bertz CT molecular complexity index is 762. The summed E-state index contributed by atoms with van der Waals surface area (Å²) in [6.45, 7) is 4.34. The molecule has 1 atom stereocenters. The SMILES string of the molecule is CCOP(=O)(CC[C@@H](CO)NCc1c[nH]c2c(O)nc(Cl)nc12)OCC. The molecule has 0 spiro atoms. The largest absolute Gasteiger partial charge is 0.492 e. The quantitative estimate of drug-likeness (QED) is 0.330. The maximum Gasteiger partial charge on any atom is 0.330 e. The molecule has 2 aromatic heterocycles. The van der Waals surface area contributed by atoms with Crippen LogP contribution in [-0.2, 0) is 20.2 Å². The van der Waals surface area contributed by atoms with Crippen LogP contribution >= 0.6 is 19.2 Å². The molecule has 2 aromatic rings. The lowest BCUT2D eigenvalue weighted by Crippen LogP contribution is -2.33. The molecule has 4 N–H and O–H groups in total. The van der Waals surface area contributed by atoms with Gasteiger partial charge in [0.1, 0.15) is 11.0 Å². The number of rotatable bonds is 11. The Balaban J connectivity index is 2.00. The van der Waals surface area contributed by atoms with Crippen LogP contribution in [0, 0.1) is 0 Å². The Morgan fingerprint density at radius 1 is 1.35 bits per heavy atom. The zero-order valence-corrected chi connectivity index (χ0v) is 16.4. The lowest BCUT2D eigenvalue weighted by Gasteiger charge is -2.20. The predicted octanol–water partition coefficient (Wildman–Crippen LogP) is 2.42. The van der Waals surface area contributed by atoms with Gasteiger partial charge in [-0.05, 0) is 31.9 Å². The van der Waals surface area contributed by atoms with Crippen LogP contribution < -0.4 is 5.32 Å². The minimum Gasteiger partial charge on any atom is -0.492 e. The van der Waals surface area contributed by atoms with Crippen molar-refractivity contribution in [3.63, 3.8) is 0 Å². The smallest absolute Gasteiger partial charge is 0.330 e. The summed E-state index contributed by atoms with van der Waals surface area (Å²) in [6.07, 6.45) is 2.30. The Hall–Kier alpha value is -1.22. The van der Waals surface area contributed by atoms with Crippen molar-refractivity contribution in [3.8, 4) is 5.88 Å². The highest BCUT2D eigenvalue weighted by Crippen LogP contribution is 2.48. The van der Waals surface area contributed by atoms with E-state index in [0.717, 1.165) is 5.56 Å². The summed E-state index contributed by atoms with van der Waals surface area (Å²) in [5.74, 6) is -0.223. The first-order valence-electron chi connectivity index (χ1n) is 8.37. The Kier molecular flexibility index (Phi) is 7.82.